The third-order valence-corrected chi connectivity index (χ3v) is 2.92. The Morgan fingerprint density at radius 1 is 1.21 bits per heavy atom. The van der Waals surface area contributed by atoms with Crippen molar-refractivity contribution < 1.29 is 8.78 Å². The van der Waals surface area contributed by atoms with Crippen LogP contribution in [0.4, 0.5) is 8.78 Å². The van der Waals surface area contributed by atoms with Crippen molar-refractivity contribution in [2.75, 3.05) is 6.54 Å². The minimum absolute atomic E-state index is 0.282. The van der Waals surface area contributed by atoms with Gasteiger partial charge in [-0.1, -0.05) is 13.0 Å². The molecule has 0 aliphatic carbocycles. The van der Waals surface area contributed by atoms with Crippen LogP contribution >= 0.6 is 0 Å². The molecule has 1 aromatic heterocycles. The number of aromatic nitrogens is 1. The number of likely N-dealkylation sites (N-methyl/N-ethyl adjacent to an activating group) is 1. The summed E-state index contributed by atoms with van der Waals surface area (Å²) in [6.45, 7) is 2.61. The van der Waals surface area contributed by atoms with Gasteiger partial charge in [-0.2, -0.15) is 0 Å². The van der Waals surface area contributed by atoms with Gasteiger partial charge in [0.2, 0.25) is 0 Å². The highest BCUT2D eigenvalue weighted by atomic mass is 19.1. The van der Waals surface area contributed by atoms with Gasteiger partial charge in [-0.3, -0.25) is 4.98 Å². The predicted molar refractivity (Wildman–Crippen MR) is 70.7 cm³/mol. The van der Waals surface area contributed by atoms with E-state index >= 15 is 0 Å². The Morgan fingerprint density at radius 3 is 2.74 bits per heavy atom. The molecule has 2 rings (SSSR count). The van der Waals surface area contributed by atoms with E-state index < -0.39 is 11.6 Å². The van der Waals surface area contributed by atoms with Gasteiger partial charge in [0.25, 0.3) is 0 Å². The predicted octanol–water partition coefficient (Wildman–Crippen LogP) is 3.25. The molecule has 1 atom stereocenters. The molecule has 0 saturated carbocycles. The van der Waals surface area contributed by atoms with Crippen molar-refractivity contribution in [3.05, 3.63) is 65.5 Å². The minimum atomic E-state index is -0.430. The lowest BCUT2D eigenvalue weighted by Gasteiger charge is -2.18. The largest absolute Gasteiger partial charge is 0.310 e. The van der Waals surface area contributed by atoms with Crippen LogP contribution in [0, 0.1) is 11.6 Å². The molecule has 1 heterocycles. The number of halogens is 2. The molecular formula is C15H16F2N2. The number of hydrogen-bond acceptors (Lipinski definition) is 2. The Kier molecular flexibility index (Phi) is 4.58. The summed E-state index contributed by atoms with van der Waals surface area (Å²) in [5.74, 6) is -0.830. The molecular weight excluding hydrogens is 246 g/mol. The molecule has 0 aliphatic heterocycles. The average molecular weight is 262 g/mol. The molecule has 0 aliphatic rings. The molecule has 19 heavy (non-hydrogen) atoms. The number of hydrogen-bond donors (Lipinski definition) is 1. The van der Waals surface area contributed by atoms with E-state index in [0.717, 1.165) is 17.8 Å². The van der Waals surface area contributed by atoms with E-state index in [0.29, 0.717) is 18.5 Å². The Morgan fingerprint density at radius 2 is 2.05 bits per heavy atom. The lowest BCUT2D eigenvalue weighted by molar-refractivity contribution is 0.499. The van der Waals surface area contributed by atoms with E-state index in [1.165, 1.54) is 6.07 Å². The molecule has 1 aromatic carbocycles. The van der Waals surface area contributed by atoms with Crippen LogP contribution in [0.5, 0.6) is 0 Å². The summed E-state index contributed by atoms with van der Waals surface area (Å²) in [6, 6.07) is 8.83. The fraction of sp³-hybridized carbons (Fsp3) is 0.267. The van der Waals surface area contributed by atoms with E-state index in [2.05, 4.69) is 10.3 Å². The second-order valence-corrected chi connectivity index (χ2v) is 4.30. The van der Waals surface area contributed by atoms with Crippen molar-refractivity contribution in [2.24, 2.45) is 0 Å². The molecule has 0 radical (unpaired) electrons. The highest BCUT2D eigenvalue weighted by Gasteiger charge is 2.16. The SMILES string of the molecule is CCNC(Cc1ccccn1)c1cc(F)ccc1F. The topological polar surface area (TPSA) is 24.9 Å². The summed E-state index contributed by atoms with van der Waals surface area (Å²) in [5, 5.41) is 3.17. The Hall–Kier alpha value is -1.81. The lowest BCUT2D eigenvalue weighted by Crippen LogP contribution is -2.24. The average Bonchev–Trinajstić information content (AvgIpc) is 2.42. The van der Waals surface area contributed by atoms with Crippen molar-refractivity contribution in [3.63, 3.8) is 0 Å². The number of rotatable bonds is 5. The van der Waals surface area contributed by atoms with Gasteiger partial charge >= 0.3 is 0 Å². The van der Waals surface area contributed by atoms with E-state index in [4.69, 9.17) is 0 Å². The molecule has 0 spiro atoms. The van der Waals surface area contributed by atoms with Crippen LogP contribution < -0.4 is 5.32 Å². The molecule has 2 aromatic rings. The zero-order valence-electron chi connectivity index (χ0n) is 10.7. The smallest absolute Gasteiger partial charge is 0.128 e. The fourth-order valence-corrected chi connectivity index (χ4v) is 2.05. The highest BCUT2D eigenvalue weighted by Crippen LogP contribution is 2.21. The first-order valence-corrected chi connectivity index (χ1v) is 6.29. The van der Waals surface area contributed by atoms with Crippen LogP contribution in [0.3, 0.4) is 0 Å². The summed E-state index contributed by atoms with van der Waals surface area (Å²) in [7, 11) is 0. The Labute approximate surface area is 111 Å². The van der Waals surface area contributed by atoms with Gasteiger partial charge in [0, 0.05) is 29.9 Å². The second-order valence-electron chi connectivity index (χ2n) is 4.30. The van der Waals surface area contributed by atoms with Gasteiger partial charge in [-0.15, -0.1) is 0 Å². The van der Waals surface area contributed by atoms with Gasteiger partial charge in [0.1, 0.15) is 11.6 Å². The first-order chi connectivity index (χ1) is 9.20. The molecule has 0 saturated heterocycles. The number of pyridine rings is 1. The zero-order chi connectivity index (χ0) is 13.7. The molecule has 0 fully saturated rings. The quantitative estimate of drug-likeness (QED) is 0.894. The third kappa shape index (κ3) is 3.58. The first kappa shape index (κ1) is 13.6. The van der Waals surface area contributed by atoms with Crippen LogP contribution in [0.15, 0.2) is 42.6 Å². The van der Waals surface area contributed by atoms with Crippen LogP contribution in [-0.4, -0.2) is 11.5 Å². The molecule has 100 valence electrons. The summed E-state index contributed by atoms with van der Waals surface area (Å²) in [5.41, 5.74) is 1.18. The molecule has 2 nitrogen and oxygen atoms in total. The Balaban J connectivity index is 2.27. The van der Waals surface area contributed by atoms with Crippen molar-refractivity contribution in [1.82, 2.24) is 10.3 Å². The van der Waals surface area contributed by atoms with Gasteiger partial charge in [0.15, 0.2) is 0 Å². The third-order valence-electron chi connectivity index (χ3n) is 2.92. The van der Waals surface area contributed by atoms with Crippen molar-refractivity contribution in [3.8, 4) is 0 Å². The molecule has 0 bridgehead atoms. The molecule has 1 unspecified atom stereocenters. The normalized spacial score (nSPS) is 12.4. The summed E-state index contributed by atoms with van der Waals surface area (Å²) < 4.78 is 27.1. The first-order valence-electron chi connectivity index (χ1n) is 6.29. The van der Waals surface area contributed by atoms with Crippen LogP contribution in [0.1, 0.15) is 24.2 Å². The lowest BCUT2D eigenvalue weighted by atomic mass is 10.0. The highest BCUT2D eigenvalue weighted by molar-refractivity contribution is 5.24. The van der Waals surface area contributed by atoms with Crippen molar-refractivity contribution in [2.45, 2.75) is 19.4 Å². The maximum Gasteiger partial charge on any atom is 0.128 e. The van der Waals surface area contributed by atoms with Crippen LogP contribution in [-0.2, 0) is 6.42 Å². The van der Waals surface area contributed by atoms with Crippen LogP contribution in [0.2, 0.25) is 0 Å². The number of nitrogens with zero attached hydrogens (tertiary/aromatic N) is 1. The molecule has 1 N–H and O–H groups in total. The fourth-order valence-electron chi connectivity index (χ4n) is 2.05. The second kappa shape index (κ2) is 6.38. The van der Waals surface area contributed by atoms with E-state index in [9.17, 15) is 8.78 Å². The minimum Gasteiger partial charge on any atom is -0.310 e. The van der Waals surface area contributed by atoms with E-state index in [1.807, 2.05) is 25.1 Å². The van der Waals surface area contributed by atoms with Crippen molar-refractivity contribution >= 4 is 0 Å². The summed E-state index contributed by atoms with van der Waals surface area (Å²) in [6.07, 6.45) is 2.22. The van der Waals surface area contributed by atoms with E-state index in [-0.39, 0.29) is 6.04 Å². The Bertz CT molecular complexity index is 529. The maximum atomic E-state index is 13.8. The van der Waals surface area contributed by atoms with E-state index in [1.54, 1.807) is 6.20 Å². The van der Waals surface area contributed by atoms with Crippen molar-refractivity contribution in [1.29, 1.82) is 0 Å². The monoisotopic (exact) mass is 262 g/mol. The maximum absolute atomic E-state index is 13.8. The van der Waals surface area contributed by atoms with Gasteiger partial charge < -0.3 is 5.32 Å². The summed E-state index contributed by atoms with van der Waals surface area (Å²) in [4.78, 5) is 4.22. The van der Waals surface area contributed by atoms with Gasteiger partial charge in [-0.05, 0) is 36.9 Å². The number of benzene rings is 1. The standard InChI is InChI=1S/C15H16F2N2/c1-2-18-15(10-12-5-3-4-8-19-12)13-9-11(16)6-7-14(13)17/h3-9,15,18H,2,10H2,1H3. The van der Waals surface area contributed by atoms with Crippen LogP contribution in [0.25, 0.3) is 0 Å². The molecule has 0 amide bonds. The zero-order valence-corrected chi connectivity index (χ0v) is 10.7. The molecule has 4 heteroatoms. The van der Waals surface area contributed by atoms with Gasteiger partial charge in [0.05, 0.1) is 0 Å². The number of nitrogens with one attached hydrogen (secondary N) is 1. The van der Waals surface area contributed by atoms with Gasteiger partial charge in [-0.25, -0.2) is 8.78 Å². The summed E-state index contributed by atoms with van der Waals surface area (Å²) >= 11 is 0.